The highest BCUT2D eigenvalue weighted by Crippen LogP contribution is 2.45. The molecule has 0 aliphatic heterocycles. The molecule has 1 atom stereocenters. The maximum absolute atomic E-state index is 2.40. The quantitative estimate of drug-likeness (QED) is 0.754. The first-order chi connectivity index (χ1) is 5.23. The van der Waals surface area contributed by atoms with E-state index >= 15 is 0 Å². The number of rotatable bonds is 3. The Labute approximate surface area is 96.5 Å². The van der Waals surface area contributed by atoms with E-state index in [1.165, 1.54) is 12.8 Å². The van der Waals surface area contributed by atoms with E-state index in [-0.39, 0.29) is 17.8 Å². The van der Waals surface area contributed by atoms with Gasteiger partial charge in [0.1, 0.15) is 0 Å². The van der Waals surface area contributed by atoms with E-state index in [1.54, 1.807) is 0 Å². The molecule has 3 nitrogen and oxygen atoms in total. The summed E-state index contributed by atoms with van der Waals surface area (Å²) >= 11 is 0. The second kappa shape index (κ2) is 8.08. The lowest BCUT2D eigenvalue weighted by Crippen LogP contribution is -2.35. The monoisotopic (exact) mass is 222 g/mol. The highest BCUT2D eigenvalue weighted by Gasteiger charge is 2.36. The van der Waals surface area contributed by atoms with Crippen molar-refractivity contribution in [3.8, 4) is 0 Å². The second-order valence-electron chi connectivity index (χ2n) is 5.66. The molecule has 0 aliphatic carbocycles. The van der Waals surface area contributed by atoms with E-state index in [2.05, 4.69) is 48.5 Å². The molecule has 8 N–H and O–H groups in total. The summed E-state index contributed by atoms with van der Waals surface area (Å²) in [5.41, 5.74) is 0.866. The third-order valence-corrected chi connectivity index (χ3v) is 3.89. The van der Waals surface area contributed by atoms with Crippen molar-refractivity contribution in [2.75, 3.05) is 0 Å². The summed E-state index contributed by atoms with van der Waals surface area (Å²) in [6, 6.07) is 0. The van der Waals surface area contributed by atoms with Crippen molar-refractivity contribution in [1.82, 2.24) is 12.3 Å². The molecule has 0 rings (SSSR count). The highest BCUT2D eigenvalue weighted by molar-refractivity contribution is 4.86. The van der Waals surface area contributed by atoms with Crippen LogP contribution in [-0.4, -0.2) is 5.48 Å². The van der Waals surface area contributed by atoms with Crippen molar-refractivity contribution in [2.24, 2.45) is 16.7 Å². The number of hydrogen-bond acceptors (Lipinski definition) is 2. The van der Waals surface area contributed by atoms with Crippen LogP contribution in [-0.2, 0) is 0 Å². The highest BCUT2D eigenvalue weighted by atomic mass is 16.0. The van der Waals surface area contributed by atoms with Gasteiger partial charge in [0, 0.05) is 0 Å². The summed E-state index contributed by atoms with van der Waals surface area (Å²) in [4.78, 5) is 0. The SMILES string of the molecule is CCCC(C)C(C)(C)C(C)(C)C.N.N.O. The van der Waals surface area contributed by atoms with E-state index in [0.29, 0.717) is 10.8 Å². The molecule has 0 saturated heterocycles. The summed E-state index contributed by atoms with van der Waals surface area (Å²) in [7, 11) is 0. The molecular formula is C12H34N2O. The topological polar surface area (TPSA) is 102 Å². The average Bonchev–Trinajstić information content (AvgIpc) is 1.85. The smallest absolute Gasteiger partial charge is 0.0280 e. The molecule has 0 saturated carbocycles. The van der Waals surface area contributed by atoms with Crippen LogP contribution in [0.2, 0.25) is 0 Å². The normalized spacial score (nSPS) is 13.0. The van der Waals surface area contributed by atoms with Crippen molar-refractivity contribution < 1.29 is 5.48 Å². The van der Waals surface area contributed by atoms with Crippen molar-refractivity contribution in [2.45, 2.75) is 61.3 Å². The lowest BCUT2D eigenvalue weighted by atomic mass is 9.62. The Bertz CT molecular complexity index is 139. The lowest BCUT2D eigenvalue weighted by Gasteiger charge is -2.44. The van der Waals surface area contributed by atoms with E-state index in [1.807, 2.05) is 0 Å². The first-order valence-electron chi connectivity index (χ1n) is 5.23. The van der Waals surface area contributed by atoms with Gasteiger partial charge in [0.15, 0.2) is 0 Å². The van der Waals surface area contributed by atoms with E-state index in [4.69, 9.17) is 0 Å². The first-order valence-corrected chi connectivity index (χ1v) is 5.23. The molecule has 0 aromatic heterocycles. The molecular weight excluding hydrogens is 188 g/mol. The van der Waals surface area contributed by atoms with Crippen molar-refractivity contribution >= 4 is 0 Å². The van der Waals surface area contributed by atoms with E-state index in [9.17, 15) is 0 Å². The largest absolute Gasteiger partial charge is 0.412 e. The Morgan fingerprint density at radius 1 is 0.933 bits per heavy atom. The van der Waals surface area contributed by atoms with Crippen LogP contribution in [0.4, 0.5) is 0 Å². The zero-order chi connectivity index (χ0) is 9.99. The summed E-state index contributed by atoms with van der Waals surface area (Å²) in [6.45, 7) is 16.5. The third kappa shape index (κ3) is 6.13. The fraction of sp³-hybridized carbons (Fsp3) is 1.00. The van der Waals surface area contributed by atoms with Crippen molar-refractivity contribution in [1.29, 1.82) is 0 Å². The van der Waals surface area contributed by atoms with Gasteiger partial charge in [0.25, 0.3) is 0 Å². The molecule has 98 valence electrons. The van der Waals surface area contributed by atoms with Crippen LogP contribution in [0.15, 0.2) is 0 Å². The fourth-order valence-electron chi connectivity index (χ4n) is 1.53. The molecule has 0 bridgehead atoms. The van der Waals surface area contributed by atoms with Crippen LogP contribution in [0.25, 0.3) is 0 Å². The summed E-state index contributed by atoms with van der Waals surface area (Å²) in [5, 5.41) is 0. The molecule has 0 fully saturated rings. The maximum Gasteiger partial charge on any atom is -0.0280 e. The van der Waals surface area contributed by atoms with Gasteiger partial charge in [0.2, 0.25) is 0 Å². The molecule has 3 heteroatoms. The van der Waals surface area contributed by atoms with Crippen LogP contribution >= 0.6 is 0 Å². The molecule has 15 heavy (non-hydrogen) atoms. The minimum absolute atomic E-state index is 0. The summed E-state index contributed by atoms with van der Waals surface area (Å²) in [6.07, 6.45) is 2.66. The maximum atomic E-state index is 2.40. The predicted octanol–water partition coefficient (Wildman–Crippen LogP) is 3.99. The number of hydrogen-bond donors (Lipinski definition) is 2. The van der Waals surface area contributed by atoms with Crippen molar-refractivity contribution in [3.05, 3.63) is 0 Å². The van der Waals surface area contributed by atoms with Gasteiger partial charge in [0.05, 0.1) is 0 Å². The second-order valence-corrected chi connectivity index (χ2v) is 5.66. The minimum atomic E-state index is 0. The Morgan fingerprint density at radius 3 is 1.47 bits per heavy atom. The van der Waals surface area contributed by atoms with Gasteiger partial charge >= 0.3 is 0 Å². The molecule has 0 aromatic carbocycles. The Kier molecular flexibility index (Phi) is 13.0. The Hall–Kier alpha value is -0.120. The van der Waals surface area contributed by atoms with Gasteiger partial charge in [-0.3, -0.25) is 0 Å². The molecule has 0 radical (unpaired) electrons. The van der Waals surface area contributed by atoms with Crippen LogP contribution in [0.3, 0.4) is 0 Å². The summed E-state index contributed by atoms with van der Waals surface area (Å²) in [5.74, 6) is 0.822. The van der Waals surface area contributed by atoms with Gasteiger partial charge < -0.3 is 17.8 Å². The van der Waals surface area contributed by atoms with Crippen LogP contribution in [0.5, 0.6) is 0 Å². The predicted molar refractivity (Wildman–Crippen MR) is 71.0 cm³/mol. The Balaban J connectivity index is -0.000000202. The molecule has 0 aromatic rings. The van der Waals surface area contributed by atoms with Gasteiger partial charge in [-0.1, -0.05) is 61.3 Å². The van der Waals surface area contributed by atoms with Crippen LogP contribution in [0.1, 0.15) is 61.3 Å². The first kappa shape index (κ1) is 24.2. The van der Waals surface area contributed by atoms with Gasteiger partial charge in [-0.2, -0.15) is 0 Å². The molecule has 0 amide bonds. The average molecular weight is 222 g/mol. The summed E-state index contributed by atoms with van der Waals surface area (Å²) < 4.78 is 0. The molecule has 0 spiro atoms. The zero-order valence-electron chi connectivity index (χ0n) is 11.9. The van der Waals surface area contributed by atoms with Crippen molar-refractivity contribution in [3.63, 3.8) is 0 Å². The van der Waals surface area contributed by atoms with Gasteiger partial charge in [-0.05, 0) is 16.7 Å². The van der Waals surface area contributed by atoms with E-state index < -0.39 is 0 Å². The van der Waals surface area contributed by atoms with Crippen LogP contribution < -0.4 is 12.3 Å². The van der Waals surface area contributed by atoms with Gasteiger partial charge in [-0.15, -0.1) is 0 Å². The Morgan fingerprint density at radius 2 is 1.27 bits per heavy atom. The third-order valence-electron chi connectivity index (χ3n) is 3.89. The van der Waals surface area contributed by atoms with Gasteiger partial charge in [-0.25, -0.2) is 0 Å². The lowest BCUT2D eigenvalue weighted by molar-refractivity contribution is 0.0589. The van der Waals surface area contributed by atoms with E-state index in [0.717, 1.165) is 5.92 Å². The minimum Gasteiger partial charge on any atom is -0.412 e. The molecule has 1 unspecified atom stereocenters. The fourth-order valence-corrected chi connectivity index (χ4v) is 1.53. The standard InChI is InChI=1S/C12H26.2H3N.H2O/c1-8-9-10(2)12(6,7)11(3,4)5;;;/h10H,8-9H2,1-7H3;2*1H3;1H2. The molecule has 0 aliphatic rings. The van der Waals surface area contributed by atoms with Crippen LogP contribution in [0, 0.1) is 16.7 Å². The molecule has 0 heterocycles. The zero-order valence-corrected chi connectivity index (χ0v) is 11.9.